The first-order chi connectivity index (χ1) is 16.9. The van der Waals surface area contributed by atoms with Gasteiger partial charge in [-0.25, -0.2) is 18.1 Å². The number of hydrogen-bond acceptors (Lipinski definition) is 7. The van der Waals surface area contributed by atoms with Crippen molar-refractivity contribution in [2.45, 2.75) is 19.4 Å². The van der Waals surface area contributed by atoms with E-state index in [-0.39, 0.29) is 30.2 Å². The molecule has 0 spiro atoms. The Bertz CT molecular complexity index is 1580. The van der Waals surface area contributed by atoms with E-state index in [9.17, 15) is 13.2 Å². The summed E-state index contributed by atoms with van der Waals surface area (Å²) in [6, 6.07) is 16.2. The summed E-state index contributed by atoms with van der Waals surface area (Å²) in [6.45, 7) is 1.96. The summed E-state index contributed by atoms with van der Waals surface area (Å²) < 4.78 is 36.8. The van der Waals surface area contributed by atoms with Crippen molar-refractivity contribution in [1.82, 2.24) is 14.8 Å². The normalized spacial score (nSPS) is 18.1. The lowest BCUT2D eigenvalue weighted by molar-refractivity contribution is 0.102. The number of carbonyl (C=O) groups excluding carboxylic acids is 1. The van der Waals surface area contributed by atoms with Crippen molar-refractivity contribution < 1.29 is 22.7 Å². The number of ether oxygens (including phenoxy) is 2. The number of aromatic nitrogens is 3. The maximum atomic E-state index is 13.6. The number of fused-ring (bicyclic) bond motifs is 2. The van der Waals surface area contributed by atoms with Crippen molar-refractivity contribution in [2.75, 3.05) is 23.6 Å². The van der Waals surface area contributed by atoms with E-state index in [0.29, 0.717) is 51.6 Å². The third kappa shape index (κ3) is 3.89. The standard InChI is InChI=1S/C25H22N4O5S/c1-15-23-19(25(30)26-17-7-8-21-22(11-17)34-14-33-21)12-20(16-5-3-2-4-6-16)27-24(23)29(28-15)18-9-10-35(31,32)13-18/h2-8,11-12,18H,9-10,13-14H2,1H3,(H,26,30). The molecule has 2 aliphatic heterocycles. The summed E-state index contributed by atoms with van der Waals surface area (Å²) in [5, 5.41) is 8.19. The lowest BCUT2D eigenvalue weighted by Gasteiger charge is -2.12. The van der Waals surface area contributed by atoms with Crippen molar-refractivity contribution >= 4 is 32.5 Å². The number of nitrogens with one attached hydrogen (secondary N) is 1. The van der Waals surface area contributed by atoms with Crippen LogP contribution in [-0.2, 0) is 9.84 Å². The summed E-state index contributed by atoms with van der Waals surface area (Å²) in [5.74, 6) is 1.01. The van der Waals surface area contributed by atoms with Crippen LogP contribution in [0.25, 0.3) is 22.3 Å². The van der Waals surface area contributed by atoms with Crippen LogP contribution < -0.4 is 14.8 Å². The number of amides is 1. The molecule has 4 aromatic rings. The summed E-state index contributed by atoms with van der Waals surface area (Å²) in [6.07, 6.45) is 0.467. The van der Waals surface area contributed by atoms with E-state index < -0.39 is 9.84 Å². The molecule has 2 aromatic heterocycles. The average Bonchev–Trinajstić information content (AvgIpc) is 3.55. The molecule has 1 N–H and O–H groups in total. The number of benzene rings is 2. The number of nitrogens with zero attached hydrogens (tertiary/aromatic N) is 3. The molecule has 10 heteroatoms. The van der Waals surface area contributed by atoms with Crippen LogP contribution in [0.3, 0.4) is 0 Å². The van der Waals surface area contributed by atoms with Gasteiger partial charge >= 0.3 is 0 Å². The zero-order chi connectivity index (χ0) is 24.2. The van der Waals surface area contributed by atoms with Gasteiger partial charge in [0, 0.05) is 17.3 Å². The molecule has 0 radical (unpaired) electrons. The molecular formula is C25H22N4O5S. The Labute approximate surface area is 201 Å². The fourth-order valence-corrected chi connectivity index (χ4v) is 6.34. The van der Waals surface area contributed by atoms with Crippen LogP contribution in [0.4, 0.5) is 5.69 Å². The Morgan fingerprint density at radius 3 is 2.66 bits per heavy atom. The number of pyridine rings is 1. The van der Waals surface area contributed by atoms with E-state index in [2.05, 4.69) is 10.4 Å². The van der Waals surface area contributed by atoms with Crippen molar-refractivity contribution in [3.8, 4) is 22.8 Å². The van der Waals surface area contributed by atoms with Gasteiger partial charge in [0.1, 0.15) is 0 Å². The Hall–Kier alpha value is -3.92. The zero-order valence-corrected chi connectivity index (χ0v) is 19.7. The molecule has 1 fully saturated rings. The molecule has 1 unspecified atom stereocenters. The van der Waals surface area contributed by atoms with Gasteiger partial charge in [0.2, 0.25) is 6.79 Å². The molecule has 1 atom stereocenters. The first-order valence-corrected chi connectivity index (χ1v) is 13.1. The lowest BCUT2D eigenvalue weighted by Crippen LogP contribution is -2.15. The second-order valence-electron chi connectivity index (χ2n) is 8.73. The van der Waals surface area contributed by atoms with Crippen molar-refractivity contribution in [3.05, 3.63) is 65.9 Å². The fourth-order valence-electron chi connectivity index (χ4n) is 4.64. The predicted molar refractivity (Wildman–Crippen MR) is 131 cm³/mol. The zero-order valence-electron chi connectivity index (χ0n) is 18.9. The maximum Gasteiger partial charge on any atom is 0.256 e. The van der Waals surface area contributed by atoms with Gasteiger partial charge in [0.15, 0.2) is 27.0 Å². The monoisotopic (exact) mass is 490 g/mol. The van der Waals surface area contributed by atoms with E-state index in [0.717, 1.165) is 5.56 Å². The van der Waals surface area contributed by atoms with E-state index in [1.165, 1.54) is 0 Å². The maximum absolute atomic E-state index is 13.6. The summed E-state index contributed by atoms with van der Waals surface area (Å²) in [7, 11) is -3.13. The van der Waals surface area contributed by atoms with E-state index in [1.54, 1.807) is 28.9 Å². The first kappa shape index (κ1) is 21.6. The van der Waals surface area contributed by atoms with Gasteiger partial charge in [-0.2, -0.15) is 5.10 Å². The van der Waals surface area contributed by atoms with Crippen molar-refractivity contribution in [2.24, 2.45) is 0 Å². The molecule has 35 heavy (non-hydrogen) atoms. The van der Waals surface area contributed by atoms with Crippen molar-refractivity contribution in [1.29, 1.82) is 0 Å². The molecule has 1 saturated heterocycles. The third-order valence-corrected chi connectivity index (χ3v) is 8.09. The van der Waals surface area contributed by atoms with Gasteiger partial charge in [-0.3, -0.25) is 4.79 Å². The van der Waals surface area contributed by atoms with Crippen LogP contribution in [0.2, 0.25) is 0 Å². The van der Waals surface area contributed by atoms with E-state index >= 15 is 0 Å². The van der Waals surface area contributed by atoms with Gasteiger partial charge in [-0.1, -0.05) is 30.3 Å². The fraction of sp³-hybridized carbons (Fsp3) is 0.240. The van der Waals surface area contributed by atoms with Crippen LogP contribution in [0.1, 0.15) is 28.5 Å². The van der Waals surface area contributed by atoms with Crippen molar-refractivity contribution in [3.63, 3.8) is 0 Å². The number of rotatable bonds is 4. The highest BCUT2D eigenvalue weighted by Crippen LogP contribution is 2.35. The minimum absolute atomic E-state index is 0.0131. The number of sulfone groups is 1. The Morgan fingerprint density at radius 2 is 1.89 bits per heavy atom. The Kier molecular flexibility index (Phi) is 4.99. The summed E-state index contributed by atoms with van der Waals surface area (Å²) in [4.78, 5) is 18.4. The molecule has 2 aliphatic rings. The lowest BCUT2D eigenvalue weighted by atomic mass is 10.0. The van der Waals surface area contributed by atoms with Gasteiger partial charge in [0.05, 0.1) is 39.9 Å². The van der Waals surface area contributed by atoms with E-state index in [4.69, 9.17) is 14.5 Å². The second kappa shape index (κ2) is 8.09. The molecule has 4 heterocycles. The first-order valence-electron chi connectivity index (χ1n) is 11.2. The molecule has 0 bridgehead atoms. The predicted octanol–water partition coefficient (Wildman–Crippen LogP) is 3.75. The summed E-state index contributed by atoms with van der Waals surface area (Å²) >= 11 is 0. The average molecular weight is 491 g/mol. The molecule has 178 valence electrons. The highest BCUT2D eigenvalue weighted by molar-refractivity contribution is 7.91. The number of anilines is 1. The molecular weight excluding hydrogens is 468 g/mol. The SMILES string of the molecule is Cc1nn(C2CCS(=O)(=O)C2)c2nc(-c3ccccc3)cc(C(=O)Nc3ccc4c(c3)OCO4)c12. The van der Waals surface area contributed by atoms with Crippen LogP contribution in [0.15, 0.2) is 54.6 Å². The number of aryl methyl sites for hydroxylation is 1. The number of carbonyl (C=O) groups is 1. The quantitative estimate of drug-likeness (QED) is 0.464. The third-order valence-electron chi connectivity index (χ3n) is 6.34. The van der Waals surface area contributed by atoms with E-state index in [1.807, 2.05) is 37.3 Å². The Balaban J connectivity index is 1.48. The molecule has 9 nitrogen and oxygen atoms in total. The molecule has 6 rings (SSSR count). The smallest absolute Gasteiger partial charge is 0.256 e. The molecule has 0 saturated carbocycles. The topological polar surface area (TPSA) is 112 Å². The van der Waals surface area contributed by atoms with Gasteiger partial charge in [0.25, 0.3) is 5.91 Å². The second-order valence-corrected chi connectivity index (χ2v) is 11.0. The van der Waals surface area contributed by atoms with Gasteiger partial charge in [-0.05, 0) is 31.5 Å². The Morgan fingerprint density at radius 1 is 1.09 bits per heavy atom. The molecule has 0 aliphatic carbocycles. The highest BCUT2D eigenvalue weighted by Gasteiger charge is 2.32. The molecule has 2 aromatic carbocycles. The minimum Gasteiger partial charge on any atom is -0.454 e. The van der Waals surface area contributed by atoms with Crippen LogP contribution in [-0.4, -0.2) is 47.4 Å². The van der Waals surface area contributed by atoms with Crippen LogP contribution >= 0.6 is 0 Å². The van der Waals surface area contributed by atoms with Gasteiger partial charge in [-0.15, -0.1) is 0 Å². The van der Waals surface area contributed by atoms with Crippen LogP contribution in [0, 0.1) is 6.92 Å². The van der Waals surface area contributed by atoms with Crippen LogP contribution in [0.5, 0.6) is 11.5 Å². The number of hydrogen-bond donors (Lipinski definition) is 1. The van der Waals surface area contributed by atoms with Gasteiger partial charge < -0.3 is 14.8 Å². The molecule has 1 amide bonds. The largest absolute Gasteiger partial charge is 0.454 e. The summed E-state index contributed by atoms with van der Waals surface area (Å²) in [5.41, 5.74) is 3.55. The minimum atomic E-state index is -3.13. The highest BCUT2D eigenvalue weighted by atomic mass is 32.2.